The third-order valence-corrected chi connectivity index (χ3v) is 7.56. The van der Waals surface area contributed by atoms with Gasteiger partial charge in [0.1, 0.15) is 5.82 Å². The van der Waals surface area contributed by atoms with Gasteiger partial charge in [0, 0.05) is 28.3 Å². The Balaban J connectivity index is 0.00000210. The molecular weight excluding hydrogens is 489 g/mol. The van der Waals surface area contributed by atoms with E-state index in [1.54, 1.807) is 16.7 Å². The summed E-state index contributed by atoms with van der Waals surface area (Å²) in [5.41, 5.74) is 0.625. The van der Waals surface area contributed by atoms with Crippen LogP contribution in [0.3, 0.4) is 0 Å². The van der Waals surface area contributed by atoms with Crippen LogP contribution in [0.15, 0.2) is 36.4 Å². The van der Waals surface area contributed by atoms with E-state index in [2.05, 4.69) is 14.8 Å². The van der Waals surface area contributed by atoms with Crippen LogP contribution in [0.5, 0.6) is 11.5 Å². The van der Waals surface area contributed by atoms with E-state index in [1.807, 2.05) is 26.8 Å². The zero-order valence-electron chi connectivity index (χ0n) is 20.8. The van der Waals surface area contributed by atoms with E-state index >= 15 is 4.39 Å². The van der Waals surface area contributed by atoms with Gasteiger partial charge in [-0.15, -0.1) is 8.78 Å². The second-order valence-corrected chi connectivity index (χ2v) is 10.5. The molecule has 1 aromatic heterocycles. The van der Waals surface area contributed by atoms with Gasteiger partial charge in [-0.05, 0) is 49.1 Å². The minimum atomic E-state index is -3.76. The van der Waals surface area contributed by atoms with Gasteiger partial charge in [0.15, 0.2) is 11.5 Å². The summed E-state index contributed by atoms with van der Waals surface area (Å²) in [6.07, 6.45) is -3.03. The van der Waals surface area contributed by atoms with E-state index in [4.69, 9.17) is 0 Å². The lowest BCUT2D eigenvalue weighted by atomic mass is 9.86. The Labute approximate surface area is 217 Å². The van der Waals surface area contributed by atoms with Gasteiger partial charge >= 0.3 is 6.29 Å². The number of rotatable bonds is 8. The van der Waals surface area contributed by atoms with Crippen molar-refractivity contribution in [3.05, 3.63) is 53.5 Å². The van der Waals surface area contributed by atoms with E-state index in [-0.39, 0.29) is 34.9 Å². The van der Waals surface area contributed by atoms with Crippen LogP contribution in [0, 0.1) is 5.82 Å². The van der Waals surface area contributed by atoms with Crippen molar-refractivity contribution in [3.63, 3.8) is 0 Å². The number of aliphatic hydroxyl groups excluding tert-OH is 2. The Morgan fingerprint density at radius 1 is 1.19 bits per heavy atom. The summed E-state index contributed by atoms with van der Waals surface area (Å²) >= 11 is 0. The average molecular weight is 527 g/mol. The molecule has 2 aromatic carbocycles. The number of amides is 1. The SMILES string of the molecule is CCC(C)(C)c1cc2cc(NC(=O)C3(c4ccc5c(c4)OC(F)(F)O5)CC3)c(F)cc2n1C[C@@H](O)CO.[HH].[HH].[HH].[HH]. The number of anilines is 1. The number of alkyl halides is 2. The van der Waals surface area contributed by atoms with E-state index in [1.165, 1.54) is 18.2 Å². The maximum atomic E-state index is 15.3. The Kier molecular flexibility index (Phi) is 5.95. The average Bonchev–Trinajstić information content (AvgIpc) is 3.50. The minimum Gasteiger partial charge on any atom is -0.395 e. The molecule has 1 aliphatic heterocycles. The van der Waals surface area contributed by atoms with E-state index in [9.17, 15) is 23.8 Å². The second-order valence-electron chi connectivity index (χ2n) is 10.5. The van der Waals surface area contributed by atoms with Gasteiger partial charge < -0.3 is 29.6 Å². The summed E-state index contributed by atoms with van der Waals surface area (Å²) in [6.45, 7) is 5.78. The number of benzene rings is 2. The lowest BCUT2D eigenvalue weighted by Gasteiger charge is -2.26. The van der Waals surface area contributed by atoms with Crippen LogP contribution in [0.1, 0.15) is 57.0 Å². The first-order valence-electron chi connectivity index (χ1n) is 12.2. The van der Waals surface area contributed by atoms with Crippen LogP contribution >= 0.6 is 0 Å². The first kappa shape index (κ1) is 25.4. The first-order chi connectivity index (χ1) is 17.4. The molecule has 5 rings (SSSR count). The standard InChI is InChI=1S/C27H29F3N2O5.4H2/c1-4-25(2,3)23-10-15-9-19(18(28)12-20(15)32(23)13-17(34)14-33)31-24(35)26(7-8-26)16-5-6-21-22(11-16)37-27(29,30)36-21;;;;/h5-6,9-12,17,33-34H,4,7-8,13-14H2,1-3H3,(H,31,35);4*1H/t17-;;;;/m1..../s1. The van der Waals surface area contributed by atoms with Crippen molar-refractivity contribution in [1.82, 2.24) is 4.57 Å². The molecule has 206 valence electrons. The normalized spacial score (nSPS) is 18.2. The smallest absolute Gasteiger partial charge is 0.395 e. The quantitative estimate of drug-likeness (QED) is 0.345. The maximum absolute atomic E-state index is 15.3. The van der Waals surface area contributed by atoms with E-state index in [0.717, 1.165) is 12.1 Å². The second kappa shape index (κ2) is 8.66. The van der Waals surface area contributed by atoms with E-state index < -0.39 is 36.1 Å². The molecule has 7 nitrogen and oxygen atoms in total. The number of aliphatic hydroxyl groups is 2. The number of nitrogens with zero attached hydrogens (tertiary/aromatic N) is 1. The summed E-state index contributed by atoms with van der Waals surface area (Å²) in [7, 11) is 0. The summed E-state index contributed by atoms with van der Waals surface area (Å²) < 4.78 is 52.9. The molecule has 1 fully saturated rings. The van der Waals surface area contributed by atoms with Crippen LogP contribution in [0.2, 0.25) is 0 Å². The Morgan fingerprint density at radius 3 is 2.54 bits per heavy atom. The molecule has 2 aliphatic rings. The molecule has 1 saturated carbocycles. The van der Waals surface area contributed by atoms with Gasteiger partial charge in [0.25, 0.3) is 0 Å². The van der Waals surface area contributed by atoms with Gasteiger partial charge in [-0.2, -0.15) is 0 Å². The molecule has 1 atom stereocenters. The van der Waals surface area contributed by atoms with Crippen molar-refractivity contribution in [2.45, 2.75) is 69.8 Å². The number of aromatic nitrogens is 1. The third-order valence-electron chi connectivity index (χ3n) is 7.56. The molecule has 3 N–H and O–H groups in total. The number of hydrogen-bond donors (Lipinski definition) is 3. The van der Waals surface area contributed by atoms with E-state index in [0.29, 0.717) is 29.3 Å². The van der Waals surface area contributed by atoms with Gasteiger partial charge in [-0.25, -0.2) is 4.39 Å². The summed E-state index contributed by atoms with van der Waals surface area (Å²) in [5, 5.41) is 22.8. The number of ether oxygens (including phenoxy) is 2. The molecule has 0 bridgehead atoms. The number of halogens is 3. The van der Waals surface area contributed by atoms with Crippen LogP contribution in [0.4, 0.5) is 18.9 Å². The fourth-order valence-electron chi connectivity index (χ4n) is 4.85. The van der Waals surface area contributed by atoms with Crippen LogP contribution in [0.25, 0.3) is 10.9 Å². The summed E-state index contributed by atoms with van der Waals surface area (Å²) in [4.78, 5) is 13.3. The molecule has 37 heavy (non-hydrogen) atoms. The molecule has 1 aliphatic carbocycles. The molecule has 3 aromatic rings. The molecule has 0 spiro atoms. The molecule has 1 amide bonds. The molecule has 0 radical (unpaired) electrons. The fourth-order valence-corrected chi connectivity index (χ4v) is 4.85. The largest absolute Gasteiger partial charge is 0.586 e. The van der Waals surface area contributed by atoms with Crippen molar-refractivity contribution in [3.8, 4) is 11.5 Å². The highest BCUT2D eigenvalue weighted by Crippen LogP contribution is 2.52. The monoisotopic (exact) mass is 526 g/mol. The van der Waals surface area contributed by atoms with Gasteiger partial charge in [-0.3, -0.25) is 4.79 Å². The van der Waals surface area contributed by atoms with Crippen molar-refractivity contribution in [1.29, 1.82) is 0 Å². The van der Waals surface area contributed by atoms with Crippen LogP contribution in [-0.4, -0.2) is 39.7 Å². The predicted molar refractivity (Wildman–Crippen MR) is 139 cm³/mol. The lowest BCUT2D eigenvalue weighted by molar-refractivity contribution is -0.286. The zero-order valence-corrected chi connectivity index (χ0v) is 20.8. The Bertz CT molecular complexity index is 1400. The Hall–Kier alpha value is -3.24. The number of carbonyl (C=O) groups excluding carboxylic acids is 1. The molecule has 0 saturated heterocycles. The van der Waals surface area contributed by atoms with Crippen LogP contribution < -0.4 is 14.8 Å². The van der Waals surface area contributed by atoms with Crippen molar-refractivity contribution >= 4 is 22.5 Å². The molecule has 2 heterocycles. The zero-order chi connectivity index (χ0) is 26.8. The lowest BCUT2D eigenvalue weighted by Crippen LogP contribution is -2.28. The predicted octanol–water partition coefficient (Wildman–Crippen LogP) is 5.80. The first-order valence-corrected chi connectivity index (χ1v) is 12.2. The number of carbonyl (C=O) groups is 1. The summed E-state index contributed by atoms with van der Waals surface area (Å²) in [6, 6.07) is 9.02. The fraction of sp³-hybridized carbons (Fsp3) is 0.444. The molecule has 0 unspecified atom stereocenters. The Morgan fingerprint density at radius 2 is 1.89 bits per heavy atom. The topological polar surface area (TPSA) is 93.0 Å². The minimum absolute atomic E-state index is 0. The van der Waals surface area contributed by atoms with Crippen LogP contribution in [-0.2, 0) is 22.2 Å². The molecule has 10 heteroatoms. The highest BCUT2D eigenvalue weighted by molar-refractivity contribution is 6.02. The van der Waals surface area contributed by atoms with Crippen molar-refractivity contribution in [2.24, 2.45) is 0 Å². The maximum Gasteiger partial charge on any atom is 0.586 e. The van der Waals surface area contributed by atoms with Gasteiger partial charge in [-0.1, -0.05) is 26.8 Å². The number of fused-ring (bicyclic) bond motifs is 2. The highest BCUT2D eigenvalue weighted by atomic mass is 19.3. The van der Waals surface area contributed by atoms with Crippen molar-refractivity contribution < 1.29 is 43.4 Å². The number of hydrogen-bond acceptors (Lipinski definition) is 5. The number of nitrogens with one attached hydrogen (secondary N) is 1. The summed E-state index contributed by atoms with van der Waals surface area (Å²) in [5.74, 6) is -1.35. The molecular formula is C27H37F3N2O5. The van der Waals surface area contributed by atoms with Crippen molar-refractivity contribution in [2.75, 3.05) is 11.9 Å². The van der Waals surface area contributed by atoms with Gasteiger partial charge in [0.2, 0.25) is 5.91 Å². The third kappa shape index (κ3) is 4.42. The van der Waals surface area contributed by atoms with Gasteiger partial charge in [0.05, 0.1) is 35.9 Å². The highest BCUT2D eigenvalue weighted by Gasteiger charge is 2.53.